The van der Waals surface area contributed by atoms with Gasteiger partial charge in [0.1, 0.15) is 24.1 Å². The number of nitrogens with zero attached hydrogens (tertiary/aromatic N) is 5. The van der Waals surface area contributed by atoms with Crippen LogP contribution in [0.5, 0.6) is 0 Å². The Morgan fingerprint density at radius 1 is 1.03 bits per heavy atom. The van der Waals surface area contributed by atoms with Crippen molar-refractivity contribution in [1.29, 1.82) is 0 Å². The summed E-state index contributed by atoms with van der Waals surface area (Å²) in [5.41, 5.74) is 6.57. The number of benzene rings is 2. The molecular formula is C29H30N8O. The zero-order valence-corrected chi connectivity index (χ0v) is 21.7. The zero-order valence-electron chi connectivity index (χ0n) is 21.7. The molecule has 3 aromatic heterocycles. The van der Waals surface area contributed by atoms with Crippen LogP contribution in [0.4, 0.5) is 16.3 Å². The van der Waals surface area contributed by atoms with Gasteiger partial charge in [0, 0.05) is 35.7 Å². The van der Waals surface area contributed by atoms with E-state index >= 15 is 0 Å². The summed E-state index contributed by atoms with van der Waals surface area (Å²) < 4.78 is 2.07. The molecule has 0 atom stereocenters. The fourth-order valence-electron chi connectivity index (χ4n) is 4.73. The topological polar surface area (TPSA) is 104 Å². The van der Waals surface area contributed by atoms with Crippen LogP contribution in [0.1, 0.15) is 32.9 Å². The fraction of sp³-hybridized carbons (Fsp3) is 0.241. The molecule has 0 saturated heterocycles. The number of amides is 2. The number of rotatable bonds is 4. The molecule has 4 heterocycles. The lowest BCUT2D eigenvalue weighted by Crippen LogP contribution is -2.49. The molecule has 38 heavy (non-hydrogen) atoms. The van der Waals surface area contributed by atoms with Crippen molar-refractivity contribution in [2.45, 2.75) is 32.7 Å². The average Bonchev–Trinajstić information content (AvgIpc) is 3.53. The van der Waals surface area contributed by atoms with Gasteiger partial charge in [-0.05, 0) is 69.2 Å². The second-order valence-corrected chi connectivity index (χ2v) is 10.6. The minimum Gasteiger partial charge on any atom is -0.340 e. The number of aromatic amines is 1. The van der Waals surface area contributed by atoms with Crippen LogP contribution < -0.4 is 10.6 Å². The molecule has 1 aliphatic heterocycles. The highest BCUT2D eigenvalue weighted by atomic mass is 16.2. The van der Waals surface area contributed by atoms with Crippen LogP contribution in [0, 0.1) is 0 Å². The highest BCUT2D eigenvalue weighted by molar-refractivity contribution is 5.93. The molecule has 1 aliphatic rings. The number of hydrogen-bond acceptors (Lipinski definition) is 5. The molecule has 0 aliphatic carbocycles. The number of imidazole rings is 1. The molecular weight excluding hydrogens is 476 g/mol. The van der Waals surface area contributed by atoms with Crippen LogP contribution in [-0.4, -0.2) is 54.1 Å². The smallest absolute Gasteiger partial charge is 0.318 e. The van der Waals surface area contributed by atoms with Gasteiger partial charge in [-0.25, -0.2) is 19.7 Å². The Kier molecular flexibility index (Phi) is 5.83. The number of aromatic nitrogens is 5. The first-order valence-corrected chi connectivity index (χ1v) is 12.7. The number of carbonyl (C=O) groups excluding carboxylic acids is 1. The Bertz CT molecular complexity index is 1660. The monoisotopic (exact) mass is 506 g/mol. The number of nitrogens with one attached hydrogen (secondary N) is 3. The second-order valence-electron chi connectivity index (χ2n) is 10.6. The molecule has 0 unspecified atom stereocenters. The van der Waals surface area contributed by atoms with Gasteiger partial charge in [-0.1, -0.05) is 24.3 Å². The molecule has 192 valence electrons. The van der Waals surface area contributed by atoms with Gasteiger partial charge in [-0.3, -0.25) is 4.57 Å². The van der Waals surface area contributed by atoms with Crippen LogP contribution in [0.25, 0.3) is 33.3 Å². The Morgan fingerprint density at radius 3 is 2.63 bits per heavy atom. The summed E-state index contributed by atoms with van der Waals surface area (Å²) in [5, 5.41) is 7.42. The molecule has 5 aromatic rings. The molecule has 0 spiro atoms. The second kappa shape index (κ2) is 9.33. The van der Waals surface area contributed by atoms with Crippen LogP contribution in [0.2, 0.25) is 0 Å². The van der Waals surface area contributed by atoms with Gasteiger partial charge >= 0.3 is 6.03 Å². The number of urea groups is 1. The van der Waals surface area contributed by atoms with Crippen molar-refractivity contribution in [2.24, 2.45) is 0 Å². The Balaban J connectivity index is 1.25. The van der Waals surface area contributed by atoms with Gasteiger partial charge in [0.05, 0.1) is 16.4 Å². The number of H-pyrrole nitrogens is 1. The number of carbonyl (C=O) groups is 1. The van der Waals surface area contributed by atoms with Crippen molar-refractivity contribution in [2.75, 3.05) is 18.4 Å². The predicted molar refractivity (Wildman–Crippen MR) is 151 cm³/mol. The lowest BCUT2D eigenvalue weighted by molar-refractivity contribution is 0.193. The van der Waals surface area contributed by atoms with E-state index in [1.165, 1.54) is 5.57 Å². The van der Waals surface area contributed by atoms with Gasteiger partial charge < -0.3 is 20.5 Å². The van der Waals surface area contributed by atoms with Crippen LogP contribution in [-0.2, 0) is 0 Å². The van der Waals surface area contributed by atoms with Crippen LogP contribution in [0.3, 0.4) is 0 Å². The van der Waals surface area contributed by atoms with E-state index in [0.29, 0.717) is 13.1 Å². The molecule has 6 rings (SSSR count). The maximum atomic E-state index is 12.5. The van der Waals surface area contributed by atoms with Crippen molar-refractivity contribution in [1.82, 2.24) is 34.7 Å². The lowest BCUT2D eigenvalue weighted by Gasteiger charge is -2.30. The third-order valence-electron chi connectivity index (χ3n) is 6.59. The summed E-state index contributed by atoms with van der Waals surface area (Å²) in [7, 11) is 0. The maximum Gasteiger partial charge on any atom is 0.318 e. The van der Waals surface area contributed by atoms with Gasteiger partial charge in [0.2, 0.25) is 0 Å². The first kappa shape index (κ1) is 23.7. The Labute approximate surface area is 220 Å². The summed E-state index contributed by atoms with van der Waals surface area (Å²) in [6, 6.07) is 18.3. The summed E-state index contributed by atoms with van der Waals surface area (Å²) >= 11 is 0. The molecule has 0 bridgehead atoms. The van der Waals surface area contributed by atoms with Gasteiger partial charge in [0.15, 0.2) is 0 Å². The van der Waals surface area contributed by atoms with Crippen LogP contribution >= 0.6 is 0 Å². The van der Waals surface area contributed by atoms with E-state index in [-0.39, 0.29) is 11.6 Å². The third kappa shape index (κ3) is 4.70. The van der Waals surface area contributed by atoms with E-state index in [4.69, 9.17) is 0 Å². The normalized spacial score (nSPS) is 14.1. The number of fused-ring (bicyclic) bond motifs is 2. The maximum absolute atomic E-state index is 12.5. The minimum atomic E-state index is -0.258. The minimum absolute atomic E-state index is 0.0348. The highest BCUT2D eigenvalue weighted by Crippen LogP contribution is 2.30. The van der Waals surface area contributed by atoms with Gasteiger partial charge in [-0.15, -0.1) is 0 Å². The summed E-state index contributed by atoms with van der Waals surface area (Å²) in [5.74, 6) is 0.727. The van der Waals surface area contributed by atoms with Crippen molar-refractivity contribution in [3.05, 3.63) is 79.0 Å². The largest absolute Gasteiger partial charge is 0.340 e. The fourth-order valence-corrected chi connectivity index (χ4v) is 4.73. The summed E-state index contributed by atoms with van der Waals surface area (Å²) in [4.78, 5) is 31.3. The molecule has 9 heteroatoms. The average molecular weight is 507 g/mol. The van der Waals surface area contributed by atoms with Crippen molar-refractivity contribution < 1.29 is 4.79 Å². The SMILES string of the molecule is CC(C)(C)NC(=O)N1CC=C(c2cc3c(Nc4ccc5ncn(-c6ccccc6)c5c4)ncnc3[nH]2)CC1. The van der Waals surface area contributed by atoms with E-state index < -0.39 is 0 Å². The number of hydrogen-bond donors (Lipinski definition) is 3. The Morgan fingerprint density at radius 2 is 1.87 bits per heavy atom. The summed E-state index contributed by atoms with van der Waals surface area (Å²) in [6.45, 7) is 7.20. The molecule has 3 N–H and O–H groups in total. The standard InChI is InChI=1S/C29H30N8O/c1-29(2,3)35-28(38)36-13-11-19(12-14-36)24-16-22-26(30-17-31-27(22)34-24)33-20-9-10-23-25(15-20)37(18-32-23)21-7-5-4-6-8-21/h4-11,15-18H,12-14H2,1-3H3,(H,35,38)(H2,30,31,33,34). The first-order chi connectivity index (χ1) is 18.3. The molecule has 0 saturated carbocycles. The molecule has 0 fully saturated rings. The quantitative estimate of drug-likeness (QED) is 0.293. The third-order valence-corrected chi connectivity index (χ3v) is 6.59. The molecule has 2 aromatic carbocycles. The van der Waals surface area contributed by atoms with Gasteiger partial charge in [-0.2, -0.15) is 0 Å². The van der Waals surface area contributed by atoms with E-state index in [2.05, 4.69) is 65.5 Å². The molecule has 2 amide bonds. The zero-order chi connectivity index (χ0) is 26.3. The molecule has 0 radical (unpaired) electrons. The Hall–Kier alpha value is -4.66. The lowest BCUT2D eigenvalue weighted by atomic mass is 10.0. The summed E-state index contributed by atoms with van der Waals surface area (Å²) in [6.07, 6.45) is 6.28. The van der Waals surface area contributed by atoms with Crippen molar-refractivity contribution in [3.63, 3.8) is 0 Å². The van der Waals surface area contributed by atoms with Crippen molar-refractivity contribution >= 4 is 45.2 Å². The number of para-hydroxylation sites is 1. The van der Waals surface area contributed by atoms with E-state index in [0.717, 1.165) is 51.4 Å². The number of anilines is 2. The predicted octanol–water partition coefficient (Wildman–Crippen LogP) is 5.64. The van der Waals surface area contributed by atoms with E-state index in [1.807, 2.05) is 62.3 Å². The van der Waals surface area contributed by atoms with Crippen molar-refractivity contribution in [3.8, 4) is 5.69 Å². The highest BCUT2D eigenvalue weighted by Gasteiger charge is 2.22. The van der Waals surface area contributed by atoms with E-state index in [1.54, 1.807) is 6.33 Å². The first-order valence-electron chi connectivity index (χ1n) is 12.7. The molecule has 9 nitrogen and oxygen atoms in total. The van der Waals surface area contributed by atoms with Gasteiger partial charge in [0.25, 0.3) is 0 Å². The van der Waals surface area contributed by atoms with Crippen LogP contribution in [0.15, 0.2) is 73.3 Å². The van der Waals surface area contributed by atoms with E-state index in [9.17, 15) is 4.79 Å².